The number of nitrogens with zero attached hydrogens (tertiary/aromatic N) is 1. The number of ether oxygens (including phenoxy) is 1. The van der Waals surface area contributed by atoms with Crippen molar-refractivity contribution in [1.82, 2.24) is 15.5 Å². The van der Waals surface area contributed by atoms with E-state index in [0.717, 1.165) is 5.56 Å². The molecule has 2 aromatic carbocycles. The van der Waals surface area contributed by atoms with Crippen molar-refractivity contribution in [2.24, 2.45) is 0 Å². The van der Waals surface area contributed by atoms with E-state index in [2.05, 4.69) is 15.5 Å². The third-order valence-corrected chi connectivity index (χ3v) is 4.81. The van der Waals surface area contributed by atoms with E-state index >= 15 is 0 Å². The lowest BCUT2D eigenvalue weighted by Gasteiger charge is -2.13. The van der Waals surface area contributed by atoms with Gasteiger partial charge >= 0.3 is 0 Å². The Morgan fingerprint density at radius 1 is 1.19 bits per heavy atom. The van der Waals surface area contributed by atoms with Crippen LogP contribution in [0.1, 0.15) is 33.8 Å². The minimum Gasteiger partial charge on any atom is -0.492 e. The van der Waals surface area contributed by atoms with Gasteiger partial charge < -0.3 is 19.6 Å². The van der Waals surface area contributed by atoms with Crippen LogP contribution in [0.15, 0.2) is 59.2 Å². The van der Waals surface area contributed by atoms with Gasteiger partial charge in [0.15, 0.2) is 0 Å². The van der Waals surface area contributed by atoms with E-state index < -0.39 is 0 Å². The fourth-order valence-electron chi connectivity index (χ4n) is 3.22. The number of amides is 1. The second kappa shape index (κ2) is 9.93. The molecule has 0 unspecified atom stereocenters. The minimum atomic E-state index is -0.322. The van der Waals surface area contributed by atoms with Gasteiger partial charge in [0.25, 0.3) is 5.91 Å². The summed E-state index contributed by atoms with van der Waals surface area (Å²) in [5, 5.41) is 19.9. The van der Waals surface area contributed by atoms with E-state index in [-0.39, 0.29) is 31.5 Å². The zero-order valence-electron chi connectivity index (χ0n) is 17.2. The van der Waals surface area contributed by atoms with E-state index in [9.17, 15) is 9.18 Å². The van der Waals surface area contributed by atoms with Gasteiger partial charge in [0.2, 0.25) is 0 Å². The number of hydrogen-bond acceptors (Lipinski definition) is 5. The fraction of sp³-hybridized carbons (Fsp3) is 0.167. The summed E-state index contributed by atoms with van der Waals surface area (Å²) in [5.41, 5.74) is 2.43. The minimum absolute atomic E-state index is 0.0291. The van der Waals surface area contributed by atoms with E-state index in [1.54, 1.807) is 48.7 Å². The maximum Gasteiger partial charge on any atom is 0.255 e. The molecule has 32 heavy (non-hydrogen) atoms. The highest BCUT2D eigenvalue weighted by molar-refractivity contribution is 6.05. The molecule has 4 aromatic rings. The molecule has 0 saturated heterocycles. The Kier molecular flexibility index (Phi) is 6.62. The van der Waals surface area contributed by atoms with E-state index in [0.29, 0.717) is 40.1 Å². The van der Waals surface area contributed by atoms with Crippen molar-refractivity contribution < 1.29 is 23.4 Å². The molecule has 0 atom stereocenters. The lowest BCUT2D eigenvalue weighted by molar-refractivity contribution is 0.0944. The lowest BCUT2D eigenvalue weighted by atomic mass is 10.1. The molecule has 0 aliphatic carbocycles. The summed E-state index contributed by atoms with van der Waals surface area (Å²) in [5.74, 6) is 0.379. The van der Waals surface area contributed by atoms with Gasteiger partial charge in [0.05, 0.1) is 41.6 Å². The largest absolute Gasteiger partial charge is 0.492 e. The van der Waals surface area contributed by atoms with Crippen molar-refractivity contribution in [2.45, 2.75) is 13.0 Å². The Labute approximate surface area is 183 Å². The van der Waals surface area contributed by atoms with Crippen LogP contribution in [-0.4, -0.2) is 34.4 Å². The van der Waals surface area contributed by atoms with Crippen molar-refractivity contribution >= 4 is 29.0 Å². The van der Waals surface area contributed by atoms with Gasteiger partial charge in [0, 0.05) is 13.0 Å². The third-order valence-electron chi connectivity index (χ3n) is 4.81. The molecule has 3 N–H and O–H groups in total. The van der Waals surface area contributed by atoms with Crippen molar-refractivity contribution in [2.75, 3.05) is 13.2 Å². The van der Waals surface area contributed by atoms with Gasteiger partial charge in [-0.05, 0) is 48.0 Å². The van der Waals surface area contributed by atoms with Crippen LogP contribution in [0.2, 0.25) is 0 Å². The molecule has 8 heteroatoms. The quantitative estimate of drug-likeness (QED) is 0.343. The van der Waals surface area contributed by atoms with E-state index in [1.807, 2.05) is 6.08 Å². The highest BCUT2D eigenvalue weighted by Crippen LogP contribution is 2.33. The van der Waals surface area contributed by atoms with E-state index in [1.165, 1.54) is 12.1 Å². The number of carbonyl (C=O) groups is 1. The first kappa shape index (κ1) is 21.3. The maximum absolute atomic E-state index is 13.2. The Morgan fingerprint density at radius 2 is 2.03 bits per heavy atom. The molecule has 164 valence electrons. The average Bonchev–Trinajstić information content (AvgIpc) is 3.47. The first-order valence-electron chi connectivity index (χ1n) is 10.1. The SMILES string of the molecule is O=C(NCc1ccco1)c1ccc2n[nH]c(/C=C/c3ccc(F)cc3)c2c1OCCCO. The number of aliphatic hydroxyl groups is 1. The first-order chi connectivity index (χ1) is 15.7. The van der Waals surface area contributed by atoms with Crippen LogP contribution >= 0.6 is 0 Å². The number of fused-ring (bicyclic) bond motifs is 1. The number of aliphatic hydroxyl groups excluding tert-OH is 1. The smallest absolute Gasteiger partial charge is 0.255 e. The molecule has 0 fully saturated rings. The van der Waals surface area contributed by atoms with Gasteiger partial charge in [0.1, 0.15) is 17.3 Å². The lowest BCUT2D eigenvalue weighted by Crippen LogP contribution is -2.23. The number of H-pyrrole nitrogens is 1. The number of furan rings is 1. The monoisotopic (exact) mass is 435 g/mol. The maximum atomic E-state index is 13.2. The Balaban J connectivity index is 1.68. The molecule has 0 aliphatic heterocycles. The van der Waals surface area contributed by atoms with E-state index in [4.69, 9.17) is 14.3 Å². The molecule has 0 saturated carbocycles. The summed E-state index contributed by atoms with van der Waals surface area (Å²) in [6.07, 6.45) is 5.57. The van der Waals surface area contributed by atoms with Crippen LogP contribution in [0.3, 0.4) is 0 Å². The summed E-state index contributed by atoms with van der Waals surface area (Å²) >= 11 is 0. The topological polar surface area (TPSA) is 100 Å². The van der Waals surface area contributed by atoms with Crippen LogP contribution in [0, 0.1) is 5.82 Å². The van der Waals surface area contributed by atoms with Gasteiger partial charge in [-0.25, -0.2) is 4.39 Å². The number of carbonyl (C=O) groups excluding carboxylic acids is 1. The van der Waals surface area contributed by atoms with Crippen molar-refractivity contribution in [3.8, 4) is 5.75 Å². The predicted octanol–water partition coefficient (Wildman–Crippen LogP) is 4.16. The number of benzene rings is 2. The molecule has 2 heterocycles. The van der Waals surface area contributed by atoms with Crippen LogP contribution < -0.4 is 10.1 Å². The number of rotatable bonds is 9. The summed E-state index contributed by atoms with van der Waals surface area (Å²) < 4.78 is 24.4. The molecule has 0 radical (unpaired) electrons. The predicted molar refractivity (Wildman–Crippen MR) is 118 cm³/mol. The van der Waals surface area contributed by atoms with Crippen molar-refractivity contribution in [3.05, 3.63) is 83.2 Å². The van der Waals surface area contributed by atoms with Gasteiger partial charge in [-0.15, -0.1) is 0 Å². The number of aromatic nitrogens is 2. The van der Waals surface area contributed by atoms with Crippen LogP contribution in [-0.2, 0) is 6.54 Å². The zero-order valence-corrected chi connectivity index (χ0v) is 17.2. The summed E-state index contributed by atoms with van der Waals surface area (Å²) in [6, 6.07) is 13.0. The van der Waals surface area contributed by atoms with Gasteiger partial charge in [-0.2, -0.15) is 5.10 Å². The summed E-state index contributed by atoms with van der Waals surface area (Å²) in [6.45, 7) is 0.446. The number of halogens is 1. The molecular formula is C24H22FN3O4. The molecular weight excluding hydrogens is 413 g/mol. The van der Waals surface area contributed by atoms with Crippen molar-refractivity contribution in [3.63, 3.8) is 0 Å². The Bertz CT molecular complexity index is 1210. The normalized spacial score (nSPS) is 11.3. The van der Waals surface area contributed by atoms with Crippen LogP contribution in [0.4, 0.5) is 4.39 Å². The highest BCUT2D eigenvalue weighted by Gasteiger charge is 2.19. The molecule has 4 rings (SSSR count). The second-order valence-electron chi connectivity index (χ2n) is 7.05. The summed E-state index contributed by atoms with van der Waals surface area (Å²) in [4.78, 5) is 12.9. The van der Waals surface area contributed by atoms with Crippen LogP contribution in [0.5, 0.6) is 5.75 Å². The highest BCUT2D eigenvalue weighted by atomic mass is 19.1. The molecule has 1 amide bonds. The summed E-state index contributed by atoms with van der Waals surface area (Å²) in [7, 11) is 0. The molecule has 2 aromatic heterocycles. The first-order valence-corrected chi connectivity index (χ1v) is 10.1. The standard InChI is InChI=1S/C24H22FN3O4/c25-17-7-4-16(5-8-17)6-10-20-22-21(28-27-20)11-9-19(23(22)32-14-2-12-29)24(30)26-15-18-3-1-13-31-18/h1,3-11,13,29H,2,12,14-15H2,(H,26,30)(H,27,28)/b10-6+. The number of hydrogen-bond donors (Lipinski definition) is 3. The van der Waals surface area contributed by atoms with Gasteiger partial charge in [-0.3, -0.25) is 9.89 Å². The van der Waals surface area contributed by atoms with Crippen molar-refractivity contribution in [1.29, 1.82) is 0 Å². The number of aromatic amines is 1. The Hall–Kier alpha value is -3.91. The third kappa shape index (κ3) is 4.87. The molecule has 0 bridgehead atoms. The van der Waals surface area contributed by atoms with Crippen LogP contribution in [0.25, 0.3) is 23.1 Å². The number of nitrogens with one attached hydrogen (secondary N) is 2. The van der Waals surface area contributed by atoms with Gasteiger partial charge in [-0.1, -0.05) is 18.2 Å². The average molecular weight is 435 g/mol. The fourth-order valence-corrected chi connectivity index (χ4v) is 3.22. The zero-order chi connectivity index (χ0) is 22.3. The molecule has 0 spiro atoms. The Morgan fingerprint density at radius 3 is 2.78 bits per heavy atom. The molecule has 0 aliphatic rings. The molecule has 7 nitrogen and oxygen atoms in total. The second-order valence-corrected chi connectivity index (χ2v) is 7.05.